The second-order valence-corrected chi connectivity index (χ2v) is 6.59. The fourth-order valence-electron chi connectivity index (χ4n) is 2.68. The molecule has 0 saturated carbocycles. The zero-order valence-corrected chi connectivity index (χ0v) is 15.6. The van der Waals surface area contributed by atoms with Gasteiger partial charge in [-0.05, 0) is 37.3 Å². The summed E-state index contributed by atoms with van der Waals surface area (Å²) in [6.45, 7) is 6.67. The van der Waals surface area contributed by atoms with Crippen molar-refractivity contribution in [3.05, 3.63) is 42.9 Å². The molecule has 1 amide bonds. The number of esters is 1. The average Bonchev–Trinajstić information content (AvgIpc) is 3.31. The second-order valence-electron chi connectivity index (χ2n) is 6.59. The van der Waals surface area contributed by atoms with Gasteiger partial charge in [0.1, 0.15) is 18.1 Å². The van der Waals surface area contributed by atoms with E-state index in [0.717, 1.165) is 12.8 Å². The SMILES string of the molecule is CC[C@@H](C(=O)OCCCC(C)C)N(Cc1ccco1)C(=O)n1ccnc1. The first kappa shape index (κ1) is 19.8. The molecule has 0 aromatic carbocycles. The Kier molecular flexibility index (Phi) is 7.44. The molecule has 0 N–H and O–H groups in total. The first-order valence-electron chi connectivity index (χ1n) is 9.00. The Bertz CT molecular complexity index is 665. The van der Waals surface area contributed by atoms with Crippen molar-refractivity contribution in [2.45, 2.75) is 52.6 Å². The molecular weight excluding hydrogens is 334 g/mol. The third-order valence-electron chi connectivity index (χ3n) is 4.08. The normalized spacial score (nSPS) is 12.2. The average molecular weight is 361 g/mol. The lowest BCUT2D eigenvalue weighted by atomic mass is 10.1. The zero-order valence-electron chi connectivity index (χ0n) is 15.6. The molecule has 0 radical (unpaired) electrons. The minimum Gasteiger partial charge on any atom is -0.467 e. The van der Waals surface area contributed by atoms with Crippen molar-refractivity contribution in [3.63, 3.8) is 0 Å². The number of ether oxygens (including phenoxy) is 1. The molecule has 2 rings (SSSR count). The number of nitrogens with zero attached hydrogens (tertiary/aromatic N) is 3. The molecule has 0 unspecified atom stereocenters. The van der Waals surface area contributed by atoms with E-state index in [0.29, 0.717) is 24.7 Å². The molecular formula is C19H27N3O4. The summed E-state index contributed by atoms with van der Waals surface area (Å²) >= 11 is 0. The van der Waals surface area contributed by atoms with Crippen LogP contribution in [-0.4, -0.2) is 39.1 Å². The summed E-state index contributed by atoms with van der Waals surface area (Å²) in [5.41, 5.74) is 0. The summed E-state index contributed by atoms with van der Waals surface area (Å²) in [4.78, 5) is 30.8. The Labute approximate surface area is 153 Å². The fourth-order valence-corrected chi connectivity index (χ4v) is 2.68. The van der Waals surface area contributed by atoms with Crippen molar-refractivity contribution in [1.82, 2.24) is 14.5 Å². The van der Waals surface area contributed by atoms with Crippen LogP contribution in [0.2, 0.25) is 0 Å². The molecule has 0 bridgehead atoms. The number of amides is 1. The van der Waals surface area contributed by atoms with Crippen LogP contribution < -0.4 is 0 Å². The van der Waals surface area contributed by atoms with Crippen molar-refractivity contribution in [3.8, 4) is 0 Å². The molecule has 0 saturated heterocycles. The van der Waals surface area contributed by atoms with Gasteiger partial charge in [0.2, 0.25) is 0 Å². The Morgan fingerprint density at radius 3 is 2.77 bits per heavy atom. The standard InChI is InChI=1S/C19H27N3O4/c1-4-17(18(23)26-12-5-7-15(2)3)22(13-16-8-6-11-25-16)19(24)21-10-9-20-14-21/h6,8-11,14-15,17H,4-5,7,12-13H2,1-3H3/t17-/m0/s1. The third kappa shape index (κ3) is 5.47. The molecule has 2 aromatic rings. The van der Waals surface area contributed by atoms with Gasteiger partial charge in [0.15, 0.2) is 0 Å². The molecule has 142 valence electrons. The summed E-state index contributed by atoms with van der Waals surface area (Å²) < 4.78 is 12.1. The van der Waals surface area contributed by atoms with Crippen LogP contribution in [0.15, 0.2) is 41.5 Å². The van der Waals surface area contributed by atoms with E-state index >= 15 is 0 Å². The molecule has 0 fully saturated rings. The fraction of sp³-hybridized carbons (Fsp3) is 0.526. The van der Waals surface area contributed by atoms with Gasteiger partial charge < -0.3 is 14.1 Å². The highest BCUT2D eigenvalue weighted by Crippen LogP contribution is 2.15. The zero-order chi connectivity index (χ0) is 18.9. The number of carbonyl (C=O) groups is 2. The molecule has 2 aromatic heterocycles. The number of hydrogen-bond acceptors (Lipinski definition) is 5. The highest BCUT2D eigenvalue weighted by Gasteiger charge is 2.31. The molecule has 26 heavy (non-hydrogen) atoms. The third-order valence-corrected chi connectivity index (χ3v) is 4.08. The molecule has 2 heterocycles. The molecule has 0 aliphatic carbocycles. The lowest BCUT2D eigenvalue weighted by Crippen LogP contribution is -2.46. The van der Waals surface area contributed by atoms with E-state index in [4.69, 9.17) is 9.15 Å². The predicted molar refractivity (Wildman–Crippen MR) is 96.4 cm³/mol. The maximum atomic E-state index is 12.9. The maximum Gasteiger partial charge on any atom is 0.330 e. The number of carbonyl (C=O) groups excluding carboxylic acids is 2. The lowest BCUT2D eigenvalue weighted by Gasteiger charge is -2.28. The molecule has 1 atom stereocenters. The summed E-state index contributed by atoms with van der Waals surface area (Å²) in [6.07, 6.45) is 8.29. The van der Waals surface area contributed by atoms with Crippen LogP contribution in [0.1, 0.15) is 45.8 Å². The quantitative estimate of drug-likeness (QED) is 0.503. The highest BCUT2D eigenvalue weighted by molar-refractivity contribution is 5.84. The molecule has 0 aliphatic rings. The van der Waals surface area contributed by atoms with Crippen LogP contribution in [0.5, 0.6) is 0 Å². The first-order chi connectivity index (χ1) is 12.5. The van der Waals surface area contributed by atoms with Gasteiger partial charge in [-0.25, -0.2) is 14.6 Å². The Balaban J connectivity index is 2.10. The minimum absolute atomic E-state index is 0.184. The van der Waals surface area contributed by atoms with E-state index in [2.05, 4.69) is 18.8 Å². The van der Waals surface area contributed by atoms with E-state index < -0.39 is 12.0 Å². The lowest BCUT2D eigenvalue weighted by molar-refractivity contribution is -0.149. The van der Waals surface area contributed by atoms with Crippen LogP contribution in [0.25, 0.3) is 0 Å². The predicted octanol–water partition coefficient (Wildman–Crippen LogP) is 3.70. The molecule has 7 heteroatoms. The van der Waals surface area contributed by atoms with Gasteiger partial charge in [-0.3, -0.25) is 4.57 Å². The van der Waals surface area contributed by atoms with Crippen LogP contribution in [0.4, 0.5) is 4.79 Å². The van der Waals surface area contributed by atoms with Crippen LogP contribution in [0.3, 0.4) is 0 Å². The Hall–Kier alpha value is -2.57. The van der Waals surface area contributed by atoms with Gasteiger partial charge in [0, 0.05) is 12.4 Å². The first-order valence-corrected chi connectivity index (χ1v) is 9.00. The van der Waals surface area contributed by atoms with Crippen molar-refractivity contribution < 1.29 is 18.7 Å². The summed E-state index contributed by atoms with van der Waals surface area (Å²) in [7, 11) is 0. The number of rotatable bonds is 9. The van der Waals surface area contributed by atoms with Gasteiger partial charge >= 0.3 is 12.0 Å². The van der Waals surface area contributed by atoms with E-state index in [1.165, 1.54) is 22.0 Å². The van der Waals surface area contributed by atoms with Gasteiger partial charge in [-0.1, -0.05) is 20.8 Å². The smallest absolute Gasteiger partial charge is 0.330 e. The van der Waals surface area contributed by atoms with Gasteiger partial charge in [0.25, 0.3) is 0 Å². The minimum atomic E-state index is -0.686. The van der Waals surface area contributed by atoms with Crippen LogP contribution in [-0.2, 0) is 16.1 Å². The Morgan fingerprint density at radius 1 is 1.38 bits per heavy atom. The van der Waals surface area contributed by atoms with E-state index in [9.17, 15) is 9.59 Å². The summed E-state index contributed by atoms with van der Waals surface area (Å²) in [6, 6.07) is 2.49. The number of imidazole rings is 1. The van der Waals surface area contributed by atoms with Crippen LogP contribution >= 0.6 is 0 Å². The maximum absolute atomic E-state index is 12.9. The topological polar surface area (TPSA) is 77.6 Å². The van der Waals surface area contributed by atoms with Gasteiger partial charge in [-0.2, -0.15) is 0 Å². The highest BCUT2D eigenvalue weighted by atomic mass is 16.5. The number of hydrogen-bond donors (Lipinski definition) is 0. The van der Waals surface area contributed by atoms with Crippen molar-refractivity contribution in [2.75, 3.05) is 6.61 Å². The number of aromatic nitrogens is 2. The molecule has 0 aliphatic heterocycles. The van der Waals surface area contributed by atoms with Gasteiger partial charge in [0.05, 0.1) is 19.4 Å². The van der Waals surface area contributed by atoms with Gasteiger partial charge in [-0.15, -0.1) is 0 Å². The second kappa shape index (κ2) is 9.79. The summed E-state index contributed by atoms with van der Waals surface area (Å²) in [5.74, 6) is 0.773. The monoisotopic (exact) mass is 361 g/mol. The summed E-state index contributed by atoms with van der Waals surface area (Å²) in [5, 5.41) is 0. The molecule has 7 nitrogen and oxygen atoms in total. The van der Waals surface area contributed by atoms with Crippen LogP contribution in [0, 0.1) is 5.92 Å². The van der Waals surface area contributed by atoms with E-state index in [-0.39, 0.29) is 12.6 Å². The molecule has 0 spiro atoms. The van der Waals surface area contributed by atoms with Crippen molar-refractivity contribution >= 4 is 12.0 Å². The Morgan fingerprint density at radius 2 is 2.19 bits per heavy atom. The van der Waals surface area contributed by atoms with E-state index in [1.54, 1.807) is 24.6 Å². The van der Waals surface area contributed by atoms with E-state index in [1.807, 2.05) is 6.92 Å². The van der Waals surface area contributed by atoms with Crippen molar-refractivity contribution in [2.24, 2.45) is 5.92 Å². The largest absolute Gasteiger partial charge is 0.467 e. The van der Waals surface area contributed by atoms with Crippen molar-refractivity contribution in [1.29, 1.82) is 0 Å². The number of furan rings is 1.